The predicted octanol–water partition coefficient (Wildman–Crippen LogP) is 4.60. The molecular weight excluding hydrogens is 443 g/mol. The van der Waals surface area contributed by atoms with Crippen LogP contribution in [0.1, 0.15) is 26.7 Å². The van der Waals surface area contributed by atoms with Gasteiger partial charge in [0.2, 0.25) is 10.0 Å². The molecule has 0 aromatic heterocycles. The minimum atomic E-state index is -3.97. The Balaban J connectivity index is 2.28. The summed E-state index contributed by atoms with van der Waals surface area (Å²) >= 11 is 11.8. The van der Waals surface area contributed by atoms with Gasteiger partial charge < -0.3 is 0 Å². The molecule has 28 heavy (non-hydrogen) atoms. The van der Waals surface area contributed by atoms with Crippen LogP contribution in [0.5, 0.6) is 0 Å². The fourth-order valence-electron chi connectivity index (χ4n) is 2.59. The third kappa shape index (κ3) is 5.39. The zero-order valence-corrected chi connectivity index (χ0v) is 18.7. The summed E-state index contributed by atoms with van der Waals surface area (Å²) in [5.74, 6) is 0. The van der Waals surface area contributed by atoms with Crippen LogP contribution in [0.2, 0.25) is 10.0 Å². The highest BCUT2D eigenvalue weighted by molar-refractivity contribution is 7.92. The van der Waals surface area contributed by atoms with Gasteiger partial charge in [-0.05, 0) is 55.3 Å². The van der Waals surface area contributed by atoms with Crippen LogP contribution in [-0.4, -0.2) is 34.2 Å². The zero-order chi connectivity index (χ0) is 20.9. The Labute approximate surface area is 176 Å². The van der Waals surface area contributed by atoms with Crippen LogP contribution in [0.4, 0.5) is 5.69 Å². The number of benzene rings is 2. The van der Waals surface area contributed by atoms with Crippen LogP contribution in [0, 0.1) is 0 Å². The second-order valence-electron chi connectivity index (χ2n) is 6.11. The van der Waals surface area contributed by atoms with Crippen molar-refractivity contribution >= 4 is 48.9 Å². The first-order valence-electron chi connectivity index (χ1n) is 8.70. The number of hydrogen-bond donors (Lipinski definition) is 1. The van der Waals surface area contributed by atoms with Crippen molar-refractivity contribution in [3.05, 3.63) is 52.5 Å². The highest BCUT2D eigenvalue weighted by Gasteiger charge is 2.23. The smallest absolute Gasteiger partial charge is 0.263 e. The molecule has 0 radical (unpaired) electrons. The van der Waals surface area contributed by atoms with E-state index in [0.29, 0.717) is 25.9 Å². The molecule has 0 fully saturated rings. The molecule has 0 amide bonds. The molecule has 0 aliphatic heterocycles. The molecule has 0 bridgehead atoms. The lowest BCUT2D eigenvalue weighted by atomic mass is 10.3. The Morgan fingerprint density at radius 2 is 1.46 bits per heavy atom. The number of anilines is 1. The summed E-state index contributed by atoms with van der Waals surface area (Å²) in [4.78, 5) is -0.0476. The summed E-state index contributed by atoms with van der Waals surface area (Å²) in [6.07, 6.45) is 1.41. The lowest BCUT2D eigenvalue weighted by molar-refractivity contribution is 0.410. The number of nitrogens with one attached hydrogen (secondary N) is 1. The van der Waals surface area contributed by atoms with Gasteiger partial charge in [0.15, 0.2) is 0 Å². The highest BCUT2D eigenvalue weighted by Crippen LogP contribution is 2.27. The summed E-state index contributed by atoms with van der Waals surface area (Å²) in [6.45, 7) is 4.68. The maximum Gasteiger partial charge on any atom is 0.263 e. The van der Waals surface area contributed by atoms with Crippen LogP contribution in [-0.2, 0) is 20.0 Å². The molecule has 0 aliphatic rings. The molecule has 2 rings (SSSR count). The van der Waals surface area contributed by atoms with E-state index in [2.05, 4.69) is 4.72 Å². The van der Waals surface area contributed by atoms with Crippen LogP contribution >= 0.6 is 23.2 Å². The molecule has 10 heteroatoms. The fourth-order valence-corrected chi connectivity index (χ4v) is 6.03. The second kappa shape index (κ2) is 9.45. The van der Waals surface area contributed by atoms with Crippen molar-refractivity contribution in [2.24, 2.45) is 0 Å². The minimum absolute atomic E-state index is 0.0332. The molecule has 0 saturated carbocycles. The molecule has 0 unspecified atom stereocenters. The monoisotopic (exact) mass is 464 g/mol. The number of hydrogen-bond acceptors (Lipinski definition) is 4. The van der Waals surface area contributed by atoms with Crippen LogP contribution < -0.4 is 4.72 Å². The summed E-state index contributed by atoms with van der Waals surface area (Å²) in [7, 11) is -7.61. The topological polar surface area (TPSA) is 83.6 Å². The number of halogens is 2. The van der Waals surface area contributed by atoms with Gasteiger partial charge in [0.1, 0.15) is 4.90 Å². The van der Waals surface area contributed by atoms with Crippen LogP contribution in [0.3, 0.4) is 0 Å². The van der Waals surface area contributed by atoms with Gasteiger partial charge in [-0.1, -0.05) is 37.0 Å². The van der Waals surface area contributed by atoms with E-state index in [-0.39, 0.29) is 25.5 Å². The Kier molecular flexibility index (Phi) is 7.75. The van der Waals surface area contributed by atoms with Crippen molar-refractivity contribution in [2.45, 2.75) is 36.5 Å². The van der Waals surface area contributed by atoms with E-state index in [1.54, 1.807) is 0 Å². The Morgan fingerprint density at radius 1 is 0.893 bits per heavy atom. The van der Waals surface area contributed by atoms with Gasteiger partial charge in [-0.25, -0.2) is 16.8 Å². The summed E-state index contributed by atoms with van der Waals surface area (Å²) < 4.78 is 54.5. The summed E-state index contributed by atoms with van der Waals surface area (Å²) in [5, 5.41) is 0.268. The Morgan fingerprint density at radius 3 is 2.00 bits per heavy atom. The van der Waals surface area contributed by atoms with Gasteiger partial charge in [-0.15, -0.1) is 0 Å². The number of nitrogens with zero attached hydrogens (tertiary/aromatic N) is 1. The normalized spacial score (nSPS) is 12.3. The van der Waals surface area contributed by atoms with E-state index in [1.807, 2.05) is 13.8 Å². The van der Waals surface area contributed by atoms with E-state index in [4.69, 9.17) is 23.2 Å². The van der Waals surface area contributed by atoms with Crippen molar-refractivity contribution in [1.29, 1.82) is 0 Å². The Bertz CT molecular complexity index is 1020. The largest absolute Gasteiger partial charge is 0.280 e. The second-order valence-corrected chi connectivity index (χ2v) is 10.5. The van der Waals surface area contributed by atoms with E-state index in [1.165, 1.54) is 46.8 Å². The average molecular weight is 465 g/mol. The maximum atomic E-state index is 12.8. The fraction of sp³-hybridized carbons (Fsp3) is 0.333. The summed E-state index contributed by atoms with van der Waals surface area (Å²) in [6, 6.07) is 9.69. The Hall–Kier alpha value is -1.32. The van der Waals surface area contributed by atoms with Gasteiger partial charge in [-0.2, -0.15) is 4.31 Å². The molecule has 2 aromatic carbocycles. The van der Waals surface area contributed by atoms with Crippen LogP contribution in [0.15, 0.2) is 52.3 Å². The molecule has 154 valence electrons. The van der Waals surface area contributed by atoms with E-state index in [9.17, 15) is 16.8 Å². The quantitative estimate of drug-likeness (QED) is 0.587. The molecule has 1 N–H and O–H groups in total. The van der Waals surface area contributed by atoms with Crippen molar-refractivity contribution in [2.75, 3.05) is 17.8 Å². The molecule has 6 nitrogen and oxygen atoms in total. The van der Waals surface area contributed by atoms with Crippen molar-refractivity contribution in [1.82, 2.24) is 4.31 Å². The van der Waals surface area contributed by atoms with Gasteiger partial charge in [-0.3, -0.25) is 4.72 Å². The van der Waals surface area contributed by atoms with Gasteiger partial charge in [0.05, 0.1) is 9.92 Å². The van der Waals surface area contributed by atoms with Crippen molar-refractivity contribution < 1.29 is 16.8 Å². The number of sulfonamides is 2. The van der Waals surface area contributed by atoms with Gasteiger partial charge >= 0.3 is 0 Å². The molecule has 0 saturated heterocycles. The highest BCUT2D eigenvalue weighted by atomic mass is 35.5. The lowest BCUT2D eigenvalue weighted by Crippen LogP contribution is -2.32. The van der Waals surface area contributed by atoms with Crippen molar-refractivity contribution in [3.63, 3.8) is 0 Å². The molecule has 0 atom stereocenters. The third-order valence-electron chi connectivity index (χ3n) is 3.87. The zero-order valence-electron chi connectivity index (χ0n) is 15.5. The number of rotatable bonds is 9. The molecule has 0 aliphatic carbocycles. The first kappa shape index (κ1) is 23.0. The predicted molar refractivity (Wildman–Crippen MR) is 113 cm³/mol. The molecular formula is C18H22Cl2N2O4S2. The van der Waals surface area contributed by atoms with Gasteiger partial charge in [0, 0.05) is 23.8 Å². The SMILES string of the molecule is CCCN(CCC)S(=O)(=O)c1ccc(NS(=O)(=O)c2cc(Cl)ccc2Cl)cc1. The third-order valence-corrected chi connectivity index (χ3v) is 7.88. The molecule has 0 heterocycles. The first-order chi connectivity index (χ1) is 13.1. The van der Waals surface area contributed by atoms with Crippen molar-refractivity contribution in [3.8, 4) is 0 Å². The minimum Gasteiger partial charge on any atom is -0.280 e. The van der Waals surface area contributed by atoms with E-state index < -0.39 is 20.0 Å². The molecule has 2 aromatic rings. The summed E-state index contributed by atoms with van der Waals surface area (Å²) in [5.41, 5.74) is 0.215. The standard InChI is InChI=1S/C18H22Cl2N2O4S2/c1-3-11-22(12-4-2)28(25,26)16-8-6-15(7-9-16)21-27(23,24)18-13-14(19)5-10-17(18)20/h5-10,13,21H,3-4,11-12H2,1-2H3. The molecule has 0 spiro atoms. The lowest BCUT2D eigenvalue weighted by Gasteiger charge is -2.21. The van der Waals surface area contributed by atoms with E-state index in [0.717, 1.165) is 0 Å². The van der Waals surface area contributed by atoms with Gasteiger partial charge in [0.25, 0.3) is 10.0 Å². The van der Waals surface area contributed by atoms with Crippen LogP contribution in [0.25, 0.3) is 0 Å². The average Bonchev–Trinajstić information content (AvgIpc) is 2.63. The van der Waals surface area contributed by atoms with E-state index >= 15 is 0 Å². The first-order valence-corrected chi connectivity index (χ1v) is 12.4. The maximum absolute atomic E-state index is 12.8.